The molecule has 0 aliphatic heterocycles. The van der Waals surface area contributed by atoms with E-state index in [1.54, 1.807) is 0 Å². The van der Waals surface area contributed by atoms with Gasteiger partial charge in [0.2, 0.25) is 0 Å². The molecule has 0 radical (unpaired) electrons. The summed E-state index contributed by atoms with van der Waals surface area (Å²) >= 11 is 0. The fraction of sp³-hybridized carbons (Fsp3) is 0.308. The van der Waals surface area contributed by atoms with Gasteiger partial charge in [0.15, 0.2) is 11.6 Å². The molecule has 0 unspecified atom stereocenters. The second kappa shape index (κ2) is 4.84. The highest BCUT2D eigenvalue weighted by Gasteiger charge is 2.13. The molecule has 2 rings (SSSR count). The van der Waals surface area contributed by atoms with Crippen LogP contribution in [0, 0.1) is 6.92 Å². The molecule has 84 valence electrons. The molecule has 16 heavy (non-hydrogen) atoms. The van der Waals surface area contributed by atoms with Crippen LogP contribution in [0.15, 0.2) is 34.7 Å². The molecule has 0 N–H and O–H groups in total. The number of ether oxygens (including phenoxy) is 1. The molecule has 2 aromatic rings. The van der Waals surface area contributed by atoms with E-state index in [4.69, 9.17) is 9.15 Å². The third-order valence-corrected chi connectivity index (χ3v) is 2.19. The molecule has 0 saturated carbocycles. The minimum absolute atomic E-state index is 0.519. The molecule has 1 heterocycles. The predicted molar refractivity (Wildman–Crippen MR) is 62.5 cm³/mol. The Labute approximate surface area is 95.1 Å². The van der Waals surface area contributed by atoms with Crippen molar-refractivity contribution in [3.63, 3.8) is 0 Å². The molecule has 3 nitrogen and oxygen atoms in total. The zero-order chi connectivity index (χ0) is 11.4. The van der Waals surface area contributed by atoms with Crippen LogP contribution in [0.4, 0.5) is 0 Å². The Morgan fingerprint density at radius 1 is 1.25 bits per heavy atom. The van der Waals surface area contributed by atoms with Gasteiger partial charge in [-0.3, -0.25) is 0 Å². The number of benzene rings is 1. The van der Waals surface area contributed by atoms with Crippen LogP contribution >= 0.6 is 0 Å². The zero-order valence-corrected chi connectivity index (χ0v) is 9.56. The molecule has 0 amide bonds. The van der Waals surface area contributed by atoms with Crippen molar-refractivity contribution in [3.05, 3.63) is 36.2 Å². The van der Waals surface area contributed by atoms with E-state index in [9.17, 15) is 0 Å². The first-order valence-corrected chi connectivity index (χ1v) is 5.47. The normalized spacial score (nSPS) is 10.4. The van der Waals surface area contributed by atoms with Crippen molar-refractivity contribution in [2.75, 3.05) is 6.61 Å². The van der Waals surface area contributed by atoms with Gasteiger partial charge in [-0.25, -0.2) is 4.98 Å². The van der Waals surface area contributed by atoms with Crippen LogP contribution in [0.25, 0.3) is 11.3 Å². The number of hydrogen-bond acceptors (Lipinski definition) is 3. The number of aryl methyl sites for hydroxylation is 1. The minimum atomic E-state index is 0.519. The van der Waals surface area contributed by atoms with E-state index in [2.05, 4.69) is 11.9 Å². The monoisotopic (exact) mass is 217 g/mol. The lowest BCUT2D eigenvalue weighted by Crippen LogP contribution is -1.95. The summed E-state index contributed by atoms with van der Waals surface area (Å²) in [6, 6.07) is 9.92. The van der Waals surface area contributed by atoms with E-state index in [0.717, 1.165) is 17.7 Å². The zero-order valence-electron chi connectivity index (χ0n) is 9.56. The highest BCUT2D eigenvalue weighted by atomic mass is 16.6. The van der Waals surface area contributed by atoms with Crippen LogP contribution in [0.5, 0.6) is 5.95 Å². The Balaban J connectivity index is 2.33. The summed E-state index contributed by atoms with van der Waals surface area (Å²) in [7, 11) is 0. The van der Waals surface area contributed by atoms with Crippen molar-refractivity contribution in [2.45, 2.75) is 20.3 Å². The quantitative estimate of drug-likeness (QED) is 0.786. The van der Waals surface area contributed by atoms with Crippen molar-refractivity contribution in [1.82, 2.24) is 4.98 Å². The van der Waals surface area contributed by atoms with E-state index in [-0.39, 0.29) is 0 Å². The Morgan fingerprint density at radius 3 is 2.69 bits per heavy atom. The number of rotatable bonds is 4. The van der Waals surface area contributed by atoms with Crippen LogP contribution in [-0.4, -0.2) is 11.6 Å². The number of oxazole rings is 1. The third kappa shape index (κ3) is 2.24. The highest BCUT2D eigenvalue weighted by Crippen LogP contribution is 2.30. The summed E-state index contributed by atoms with van der Waals surface area (Å²) in [5.41, 5.74) is 1.80. The minimum Gasteiger partial charge on any atom is -0.464 e. The third-order valence-electron chi connectivity index (χ3n) is 2.19. The van der Waals surface area contributed by atoms with Crippen molar-refractivity contribution >= 4 is 0 Å². The molecule has 0 bridgehead atoms. The van der Waals surface area contributed by atoms with Gasteiger partial charge in [-0.15, -0.1) is 0 Å². The maximum Gasteiger partial charge on any atom is 0.313 e. The van der Waals surface area contributed by atoms with E-state index in [1.165, 1.54) is 0 Å². The van der Waals surface area contributed by atoms with Gasteiger partial charge in [-0.1, -0.05) is 37.3 Å². The summed E-state index contributed by atoms with van der Waals surface area (Å²) in [6.45, 7) is 4.53. The van der Waals surface area contributed by atoms with Crippen LogP contribution in [-0.2, 0) is 0 Å². The van der Waals surface area contributed by atoms with Gasteiger partial charge in [0, 0.05) is 12.5 Å². The highest BCUT2D eigenvalue weighted by molar-refractivity contribution is 5.63. The second-order valence-electron chi connectivity index (χ2n) is 3.58. The van der Waals surface area contributed by atoms with Crippen LogP contribution in [0.1, 0.15) is 19.2 Å². The standard InChI is InChI=1S/C13H15NO2/c1-3-9-15-13-12(14-10(2)16-13)11-7-5-4-6-8-11/h4-8H,3,9H2,1-2H3. The van der Waals surface area contributed by atoms with Crippen molar-refractivity contribution in [2.24, 2.45) is 0 Å². The molecular weight excluding hydrogens is 202 g/mol. The van der Waals surface area contributed by atoms with Crippen LogP contribution < -0.4 is 4.74 Å². The SMILES string of the molecule is CCCOc1oc(C)nc1-c1ccccc1. The van der Waals surface area contributed by atoms with Crippen molar-refractivity contribution in [3.8, 4) is 17.2 Å². The van der Waals surface area contributed by atoms with Gasteiger partial charge in [0.05, 0.1) is 6.61 Å². The van der Waals surface area contributed by atoms with E-state index < -0.39 is 0 Å². The molecule has 0 saturated heterocycles. The summed E-state index contributed by atoms with van der Waals surface area (Å²) in [6.07, 6.45) is 0.952. The second-order valence-corrected chi connectivity index (χ2v) is 3.58. The lowest BCUT2D eigenvalue weighted by Gasteiger charge is -2.02. The molecule has 1 aromatic carbocycles. The van der Waals surface area contributed by atoms with Gasteiger partial charge >= 0.3 is 5.95 Å². The van der Waals surface area contributed by atoms with E-state index in [0.29, 0.717) is 18.4 Å². The molecule has 0 aliphatic rings. The molecule has 3 heteroatoms. The van der Waals surface area contributed by atoms with Gasteiger partial charge in [-0.2, -0.15) is 0 Å². The van der Waals surface area contributed by atoms with E-state index in [1.807, 2.05) is 37.3 Å². The first-order chi connectivity index (χ1) is 7.81. The van der Waals surface area contributed by atoms with Crippen LogP contribution in [0.3, 0.4) is 0 Å². The number of hydrogen-bond donors (Lipinski definition) is 0. The predicted octanol–water partition coefficient (Wildman–Crippen LogP) is 3.44. The molecular formula is C13H15NO2. The fourth-order valence-corrected chi connectivity index (χ4v) is 1.48. The fourth-order valence-electron chi connectivity index (χ4n) is 1.48. The van der Waals surface area contributed by atoms with Gasteiger partial charge < -0.3 is 9.15 Å². The Morgan fingerprint density at radius 2 is 2.00 bits per heavy atom. The molecule has 0 atom stereocenters. The van der Waals surface area contributed by atoms with Gasteiger partial charge in [0.25, 0.3) is 0 Å². The number of aromatic nitrogens is 1. The Hall–Kier alpha value is -1.77. The van der Waals surface area contributed by atoms with E-state index >= 15 is 0 Å². The smallest absolute Gasteiger partial charge is 0.313 e. The summed E-state index contributed by atoms with van der Waals surface area (Å²) in [5, 5.41) is 0. The lowest BCUT2D eigenvalue weighted by atomic mass is 10.2. The number of nitrogens with zero attached hydrogens (tertiary/aromatic N) is 1. The topological polar surface area (TPSA) is 35.3 Å². The maximum atomic E-state index is 5.53. The van der Waals surface area contributed by atoms with Gasteiger partial charge in [-0.05, 0) is 6.42 Å². The summed E-state index contributed by atoms with van der Waals surface area (Å²) < 4.78 is 11.0. The molecule has 0 aliphatic carbocycles. The first kappa shape index (κ1) is 10.7. The van der Waals surface area contributed by atoms with Crippen molar-refractivity contribution in [1.29, 1.82) is 0 Å². The van der Waals surface area contributed by atoms with Crippen molar-refractivity contribution < 1.29 is 9.15 Å². The average molecular weight is 217 g/mol. The Bertz CT molecular complexity index is 448. The average Bonchev–Trinajstić information content (AvgIpc) is 2.69. The largest absolute Gasteiger partial charge is 0.464 e. The summed E-state index contributed by atoms with van der Waals surface area (Å²) in [5.74, 6) is 1.15. The molecule has 0 spiro atoms. The lowest BCUT2D eigenvalue weighted by molar-refractivity contribution is 0.240. The Kier molecular flexibility index (Phi) is 3.25. The molecule has 0 fully saturated rings. The maximum absolute atomic E-state index is 5.53. The first-order valence-electron chi connectivity index (χ1n) is 5.47. The van der Waals surface area contributed by atoms with Crippen LogP contribution in [0.2, 0.25) is 0 Å². The van der Waals surface area contributed by atoms with Gasteiger partial charge in [0.1, 0.15) is 0 Å². The molecule has 1 aromatic heterocycles. The summed E-state index contributed by atoms with van der Waals surface area (Å²) in [4.78, 5) is 4.34.